The van der Waals surface area contributed by atoms with Crippen LogP contribution in [0.1, 0.15) is 27.3 Å². The molecule has 3 rings (SSSR count). The zero-order valence-corrected chi connectivity index (χ0v) is 13.1. The molecule has 0 aliphatic rings. The highest BCUT2D eigenvalue weighted by Crippen LogP contribution is 2.29. The minimum Gasteiger partial charge on any atom is -0.347 e. The van der Waals surface area contributed by atoms with Gasteiger partial charge in [-0.25, -0.2) is 9.37 Å². The number of nitrogens with one attached hydrogen (secondary N) is 1. The van der Waals surface area contributed by atoms with Gasteiger partial charge in [0.25, 0.3) is 5.91 Å². The molecule has 1 N–H and O–H groups in total. The van der Waals surface area contributed by atoms with Gasteiger partial charge in [0.15, 0.2) is 0 Å². The second-order valence-electron chi connectivity index (χ2n) is 5.50. The lowest BCUT2D eigenvalue weighted by atomic mass is 10.2. The fraction of sp³-hybridized carbons (Fsp3) is 0.176. The first kappa shape index (κ1) is 16.9. The third kappa shape index (κ3) is 3.47. The third-order valence-corrected chi connectivity index (χ3v) is 3.68. The van der Waals surface area contributed by atoms with Gasteiger partial charge in [0.1, 0.15) is 17.2 Å². The molecular formula is C17H13F4N3O. The maximum atomic E-state index is 13.2. The molecule has 0 radical (unpaired) electrons. The Labute approximate surface area is 140 Å². The van der Waals surface area contributed by atoms with E-state index in [-0.39, 0.29) is 17.9 Å². The molecule has 0 atom stereocenters. The standard InChI is InChI=1S/C17H13F4N3O/c1-10-15(16(25)22-8-11-3-2-4-13(18)7-11)24-9-12(17(19,20)21)5-6-14(24)23-10/h2-7,9H,8H2,1H3,(H,22,25). The van der Waals surface area contributed by atoms with Crippen LogP contribution in [-0.2, 0) is 12.7 Å². The van der Waals surface area contributed by atoms with Gasteiger partial charge in [0.2, 0.25) is 0 Å². The lowest BCUT2D eigenvalue weighted by Crippen LogP contribution is -2.25. The molecule has 8 heteroatoms. The number of alkyl halides is 3. The number of carbonyl (C=O) groups excluding carboxylic acids is 1. The van der Waals surface area contributed by atoms with E-state index in [1.807, 2.05) is 0 Å². The minimum absolute atomic E-state index is 0.0116. The second-order valence-corrected chi connectivity index (χ2v) is 5.50. The van der Waals surface area contributed by atoms with Crippen molar-refractivity contribution in [2.45, 2.75) is 19.6 Å². The van der Waals surface area contributed by atoms with Crippen molar-refractivity contribution in [3.8, 4) is 0 Å². The topological polar surface area (TPSA) is 46.4 Å². The number of pyridine rings is 1. The molecule has 0 saturated heterocycles. The van der Waals surface area contributed by atoms with Crippen molar-refractivity contribution in [1.29, 1.82) is 0 Å². The van der Waals surface area contributed by atoms with Gasteiger partial charge in [-0.05, 0) is 36.8 Å². The van der Waals surface area contributed by atoms with Gasteiger partial charge in [-0.1, -0.05) is 12.1 Å². The Bertz CT molecular complexity index is 947. The minimum atomic E-state index is -4.53. The molecule has 3 aromatic rings. The summed E-state index contributed by atoms with van der Waals surface area (Å²) in [6.07, 6.45) is -3.69. The van der Waals surface area contributed by atoms with Crippen LogP contribution in [0.2, 0.25) is 0 Å². The van der Waals surface area contributed by atoms with Crippen LogP contribution in [0.25, 0.3) is 5.65 Å². The van der Waals surface area contributed by atoms with Crippen LogP contribution >= 0.6 is 0 Å². The molecular weight excluding hydrogens is 338 g/mol. The zero-order valence-electron chi connectivity index (χ0n) is 13.1. The summed E-state index contributed by atoms with van der Waals surface area (Å²) in [5.41, 5.74) is 0.211. The second kappa shape index (κ2) is 6.19. The highest BCUT2D eigenvalue weighted by molar-refractivity contribution is 5.94. The van der Waals surface area contributed by atoms with Crippen LogP contribution in [0.3, 0.4) is 0 Å². The number of nitrogens with zero attached hydrogens (tertiary/aromatic N) is 2. The summed E-state index contributed by atoms with van der Waals surface area (Å²) in [5.74, 6) is -1.03. The van der Waals surface area contributed by atoms with E-state index in [4.69, 9.17) is 0 Å². The summed E-state index contributed by atoms with van der Waals surface area (Å²) >= 11 is 0. The number of carbonyl (C=O) groups is 1. The Kier molecular flexibility index (Phi) is 4.20. The van der Waals surface area contributed by atoms with Gasteiger partial charge >= 0.3 is 6.18 Å². The van der Waals surface area contributed by atoms with Gasteiger partial charge < -0.3 is 5.32 Å². The molecule has 1 amide bonds. The summed E-state index contributed by atoms with van der Waals surface area (Å²) in [6, 6.07) is 7.80. The number of halogens is 4. The number of rotatable bonds is 3. The van der Waals surface area contributed by atoms with E-state index in [1.54, 1.807) is 6.07 Å². The summed E-state index contributed by atoms with van der Waals surface area (Å²) in [6.45, 7) is 1.58. The number of hydrogen-bond acceptors (Lipinski definition) is 2. The molecule has 4 nitrogen and oxygen atoms in total. The van der Waals surface area contributed by atoms with Gasteiger partial charge in [0, 0.05) is 12.7 Å². The number of amides is 1. The molecule has 0 aliphatic heterocycles. The predicted molar refractivity (Wildman–Crippen MR) is 82.5 cm³/mol. The Morgan fingerprint density at radius 1 is 1.24 bits per heavy atom. The molecule has 0 bridgehead atoms. The van der Waals surface area contributed by atoms with E-state index in [2.05, 4.69) is 10.3 Å². The maximum absolute atomic E-state index is 13.2. The van der Waals surface area contributed by atoms with Crippen LogP contribution < -0.4 is 5.32 Å². The van der Waals surface area contributed by atoms with Crippen molar-refractivity contribution in [2.75, 3.05) is 0 Å². The molecule has 0 saturated carbocycles. The van der Waals surface area contributed by atoms with Crippen LogP contribution in [0.15, 0.2) is 42.6 Å². The average Bonchev–Trinajstić information content (AvgIpc) is 2.87. The Hall–Kier alpha value is -2.90. The fourth-order valence-electron chi connectivity index (χ4n) is 2.52. The maximum Gasteiger partial charge on any atom is 0.417 e. The SMILES string of the molecule is Cc1nc2ccc(C(F)(F)F)cn2c1C(=O)NCc1cccc(F)c1. The van der Waals surface area contributed by atoms with Crippen LogP contribution in [0, 0.1) is 12.7 Å². The zero-order chi connectivity index (χ0) is 18.2. The van der Waals surface area contributed by atoms with E-state index in [9.17, 15) is 22.4 Å². The first-order valence-electron chi connectivity index (χ1n) is 7.34. The predicted octanol–water partition coefficient (Wildman–Crippen LogP) is 3.73. The summed E-state index contributed by atoms with van der Waals surface area (Å²) < 4.78 is 52.9. The van der Waals surface area contributed by atoms with Crippen LogP contribution in [0.5, 0.6) is 0 Å². The molecule has 0 spiro atoms. The van der Waals surface area contributed by atoms with Gasteiger partial charge in [-0.2, -0.15) is 13.2 Å². The van der Waals surface area contributed by atoms with Crippen LogP contribution in [0.4, 0.5) is 17.6 Å². The molecule has 1 aromatic carbocycles. The lowest BCUT2D eigenvalue weighted by Gasteiger charge is -2.09. The molecule has 2 heterocycles. The van der Waals surface area contributed by atoms with Gasteiger partial charge in [0.05, 0.1) is 11.3 Å². The highest BCUT2D eigenvalue weighted by Gasteiger charge is 2.31. The number of aromatic nitrogens is 2. The van der Waals surface area contributed by atoms with Crippen molar-refractivity contribution in [2.24, 2.45) is 0 Å². The number of benzene rings is 1. The van der Waals surface area contributed by atoms with E-state index >= 15 is 0 Å². The molecule has 0 unspecified atom stereocenters. The average molecular weight is 351 g/mol. The van der Waals surface area contributed by atoms with E-state index in [0.717, 1.165) is 16.7 Å². The first-order valence-corrected chi connectivity index (χ1v) is 7.34. The Morgan fingerprint density at radius 2 is 2.00 bits per heavy atom. The third-order valence-electron chi connectivity index (χ3n) is 3.68. The highest BCUT2D eigenvalue weighted by atomic mass is 19.4. The summed E-state index contributed by atoms with van der Waals surface area (Å²) in [7, 11) is 0. The summed E-state index contributed by atoms with van der Waals surface area (Å²) in [5, 5.41) is 2.57. The quantitative estimate of drug-likeness (QED) is 0.731. The summed E-state index contributed by atoms with van der Waals surface area (Å²) in [4.78, 5) is 16.5. The smallest absolute Gasteiger partial charge is 0.347 e. The van der Waals surface area contributed by atoms with Gasteiger partial charge in [-0.3, -0.25) is 9.20 Å². The lowest BCUT2D eigenvalue weighted by molar-refractivity contribution is -0.137. The van der Waals surface area contributed by atoms with E-state index < -0.39 is 23.5 Å². The normalized spacial score (nSPS) is 11.7. The van der Waals surface area contributed by atoms with Gasteiger partial charge in [-0.15, -0.1) is 0 Å². The van der Waals surface area contributed by atoms with Crippen molar-refractivity contribution in [3.63, 3.8) is 0 Å². The van der Waals surface area contributed by atoms with Crippen molar-refractivity contribution in [1.82, 2.24) is 14.7 Å². The number of aryl methyl sites for hydroxylation is 1. The van der Waals surface area contributed by atoms with Crippen molar-refractivity contribution in [3.05, 3.63) is 70.9 Å². The Balaban J connectivity index is 1.91. The van der Waals surface area contributed by atoms with E-state index in [1.165, 1.54) is 31.2 Å². The van der Waals surface area contributed by atoms with Crippen molar-refractivity contribution < 1.29 is 22.4 Å². The number of fused-ring (bicyclic) bond motifs is 1. The molecule has 0 fully saturated rings. The fourth-order valence-corrected chi connectivity index (χ4v) is 2.52. The number of imidazole rings is 1. The first-order chi connectivity index (χ1) is 11.8. The number of hydrogen-bond donors (Lipinski definition) is 1. The molecule has 130 valence electrons. The monoisotopic (exact) mass is 351 g/mol. The molecule has 2 aromatic heterocycles. The Morgan fingerprint density at radius 3 is 2.68 bits per heavy atom. The largest absolute Gasteiger partial charge is 0.417 e. The van der Waals surface area contributed by atoms with Crippen molar-refractivity contribution >= 4 is 11.6 Å². The molecule has 25 heavy (non-hydrogen) atoms. The molecule has 0 aliphatic carbocycles. The van der Waals surface area contributed by atoms with E-state index in [0.29, 0.717) is 11.3 Å². The van der Waals surface area contributed by atoms with Crippen LogP contribution in [-0.4, -0.2) is 15.3 Å².